The van der Waals surface area contributed by atoms with E-state index in [4.69, 9.17) is 9.15 Å². The van der Waals surface area contributed by atoms with Crippen LogP contribution in [0, 0.1) is 13.8 Å². The Morgan fingerprint density at radius 2 is 1.83 bits per heavy atom. The molecule has 6 nitrogen and oxygen atoms in total. The van der Waals surface area contributed by atoms with Gasteiger partial charge in [0.2, 0.25) is 11.8 Å². The molecule has 1 unspecified atom stereocenters. The first-order valence-electron chi connectivity index (χ1n) is 7.98. The quantitative estimate of drug-likeness (QED) is 0.792. The Labute approximate surface area is 145 Å². The molecule has 0 spiro atoms. The molecule has 2 heterocycles. The van der Waals surface area contributed by atoms with E-state index in [1.807, 2.05) is 37.8 Å². The molecule has 0 radical (unpaired) electrons. The molecule has 1 saturated heterocycles. The third kappa shape index (κ3) is 3.96. The van der Waals surface area contributed by atoms with Gasteiger partial charge < -0.3 is 14.1 Å². The first kappa shape index (κ1) is 17.0. The lowest BCUT2D eigenvalue weighted by atomic mass is 10.1. The predicted molar refractivity (Wildman–Crippen MR) is 91.9 cm³/mol. The number of ether oxygens (including phenoxy) is 1. The first-order valence-corrected chi connectivity index (χ1v) is 8.86. The van der Waals surface area contributed by atoms with Gasteiger partial charge in [0.15, 0.2) is 0 Å². The third-order valence-electron chi connectivity index (χ3n) is 3.82. The van der Waals surface area contributed by atoms with Crippen molar-refractivity contribution in [1.29, 1.82) is 0 Å². The molecule has 0 N–H and O–H groups in total. The topological polar surface area (TPSA) is 68.5 Å². The summed E-state index contributed by atoms with van der Waals surface area (Å²) >= 11 is 1.30. The zero-order valence-corrected chi connectivity index (χ0v) is 14.9. The SMILES string of the molecule is Cc1cc(C)cc(-c2nnc(SC(C)C(=O)N3CCOCC3)o2)c1. The van der Waals surface area contributed by atoms with E-state index in [2.05, 4.69) is 16.3 Å². The van der Waals surface area contributed by atoms with Crippen molar-refractivity contribution in [2.24, 2.45) is 0 Å². The van der Waals surface area contributed by atoms with E-state index < -0.39 is 0 Å². The monoisotopic (exact) mass is 347 g/mol. The van der Waals surface area contributed by atoms with Crippen LogP contribution in [0.15, 0.2) is 27.8 Å². The van der Waals surface area contributed by atoms with E-state index in [9.17, 15) is 4.79 Å². The van der Waals surface area contributed by atoms with Crippen molar-refractivity contribution < 1.29 is 13.9 Å². The van der Waals surface area contributed by atoms with Crippen LogP contribution in [0.25, 0.3) is 11.5 Å². The van der Waals surface area contributed by atoms with Crippen LogP contribution in [0.3, 0.4) is 0 Å². The number of aromatic nitrogens is 2. The fraction of sp³-hybridized carbons (Fsp3) is 0.471. The van der Waals surface area contributed by atoms with Gasteiger partial charge in [-0.25, -0.2) is 0 Å². The molecule has 0 saturated carbocycles. The third-order valence-corrected chi connectivity index (χ3v) is 4.75. The van der Waals surface area contributed by atoms with Crippen molar-refractivity contribution in [1.82, 2.24) is 15.1 Å². The van der Waals surface area contributed by atoms with Gasteiger partial charge in [-0.05, 0) is 32.9 Å². The maximum absolute atomic E-state index is 12.4. The highest BCUT2D eigenvalue weighted by Gasteiger charge is 2.25. The molecule has 1 atom stereocenters. The highest BCUT2D eigenvalue weighted by Crippen LogP contribution is 2.28. The van der Waals surface area contributed by atoms with Crippen LogP contribution in [0.5, 0.6) is 0 Å². The van der Waals surface area contributed by atoms with Gasteiger partial charge in [-0.1, -0.05) is 29.0 Å². The van der Waals surface area contributed by atoms with Gasteiger partial charge >= 0.3 is 0 Å². The summed E-state index contributed by atoms with van der Waals surface area (Å²) in [5.74, 6) is 0.560. The van der Waals surface area contributed by atoms with E-state index in [0.29, 0.717) is 37.4 Å². The summed E-state index contributed by atoms with van der Waals surface area (Å²) in [7, 11) is 0. The zero-order valence-electron chi connectivity index (χ0n) is 14.1. The molecule has 1 aromatic heterocycles. The number of amides is 1. The summed E-state index contributed by atoms with van der Waals surface area (Å²) in [4.78, 5) is 14.3. The second-order valence-electron chi connectivity index (χ2n) is 5.95. The summed E-state index contributed by atoms with van der Waals surface area (Å²) in [5, 5.41) is 8.33. The molecule has 0 aliphatic carbocycles. The molecule has 1 fully saturated rings. The number of carbonyl (C=O) groups is 1. The molecule has 128 valence electrons. The van der Waals surface area contributed by atoms with Gasteiger partial charge in [-0.2, -0.15) is 0 Å². The summed E-state index contributed by atoms with van der Waals surface area (Å²) in [6.07, 6.45) is 0. The molecule has 0 bridgehead atoms. The summed E-state index contributed by atoms with van der Waals surface area (Å²) in [6, 6.07) is 6.12. The van der Waals surface area contributed by atoms with Crippen LogP contribution >= 0.6 is 11.8 Å². The number of hydrogen-bond donors (Lipinski definition) is 0. The predicted octanol–water partition coefficient (Wildman–Crippen LogP) is 2.69. The van der Waals surface area contributed by atoms with Crippen molar-refractivity contribution in [2.75, 3.05) is 26.3 Å². The lowest BCUT2D eigenvalue weighted by Gasteiger charge is -2.28. The van der Waals surface area contributed by atoms with Crippen LogP contribution in [-0.4, -0.2) is 52.6 Å². The molecule has 7 heteroatoms. The van der Waals surface area contributed by atoms with Crippen molar-refractivity contribution in [3.8, 4) is 11.5 Å². The van der Waals surface area contributed by atoms with Crippen molar-refractivity contribution >= 4 is 17.7 Å². The van der Waals surface area contributed by atoms with E-state index in [0.717, 1.165) is 16.7 Å². The van der Waals surface area contributed by atoms with Gasteiger partial charge in [0, 0.05) is 18.7 Å². The van der Waals surface area contributed by atoms with Gasteiger partial charge in [0.1, 0.15) is 0 Å². The van der Waals surface area contributed by atoms with Crippen molar-refractivity contribution in [2.45, 2.75) is 31.2 Å². The Morgan fingerprint density at radius 3 is 2.50 bits per heavy atom. The normalized spacial score (nSPS) is 16.2. The highest BCUT2D eigenvalue weighted by molar-refractivity contribution is 8.00. The van der Waals surface area contributed by atoms with E-state index in [1.54, 1.807) is 0 Å². The minimum atomic E-state index is -0.268. The molecule has 2 aromatic rings. The number of rotatable bonds is 4. The number of hydrogen-bond acceptors (Lipinski definition) is 6. The number of benzene rings is 1. The average molecular weight is 347 g/mol. The number of aryl methyl sites for hydroxylation is 2. The fourth-order valence-corrected chi connectivity index (χ4v) is 3.48. The average Bonchev–Trinajstić information content (AvgIpc) is 3.02. The minimum absolute atomic E-state index is 0.0782. The van der Waals surface area contributed by atoms with Crippen LogP contribution in [-0.2, 0) is 9.53 Å². The van der Waals surface area contributed by atoms with Crippen LogP contribution in [0.1, 0.15) is 18.1 Å². The summed E-state index contributed by atoms with van der Waals surface area (Å²) < 4.78 is 11.0. The lowest BCUT2D eigenvalue weighted by Crippen LogP contribution is -2.44. The van der Waals surface area contributed by atoms with Crippen molar-refractivity contribution in [3.05, 3.63) is 29.3 Å². The zero-order chi connectivity index (χ0) is 17.1. The molecular formula is C17H21N3O3S. The first-order chi connectivity index (χ1) is 11.5. The standard InChI is InChI=1S/C17H21N3O3S/c1-11-8-12(2)10-14(9-11)15-18-19-17(23-15)24-13(3)16(21)20-4-6-22-7-5-20/h8-10,13H,4-7H2,1-3H3. The second-order valence-corrected chi connectivity index (χ2v) is 7.24. The largest absolute Gasteiger partial charge is 0.411 e. The Hall–Kier alpha value is -1.86. The number of morpholine rings is 1. The van der Waals surface area contributed by atoms with Crippen LogP contribution < -0.4 is 0 Å². The fourth-order valence-electron chi connectivity index (χ4n) is 2.71. The van der Waals surface area contributed by atoms with Gasteiger partial charge in [0.25, 0.3) is 5.22 Å². The smallest absolute Gasteiger partial charge is 0.277 e. The molecule has 24 heavy (non-hydrogen) atoms. The summed E-state index contributed by atoms with van der Waals surface area (Å²) in [5.41, 5.74) is 3.19. The summed E-state index contributed by atoms with van der Waals surface area (Å²) in [6.45, 7) is 8.41. The van der Waals surface area contributed by atoms with Crippen molar-refractivity contribution in [3.63, 3.8) is 0 Å². The number of carbonyl (C=O) groups excluding carboxylic acids is 1. The molecule has 1 aliphatic heterocycles. The molecule has 3 rings (SSSR count). The Balaban J connectivity index is 1.68. The maximum atomic E-state index is 12.4. The van der Waals surface area contributed by atoms with Gasteiger partial charge in [-0.15, -0.1) is 10.2 Å². The second kappa shape index (κ2) is 7.36. The molecule has 1 amide bonds. The van der Waals surface area contributed by atoms with Gasteiger partial charge in [0.05, 0.1) is 18.5 Å². The van der Waals surface area contributed by atoms with Crippen LogP contribution in [0.4, 0.5) is 0 Å². The lowest BCUT2D eigenvalue weighted by molar-refractivity contribution is -0.134. The van der Waals surface area contributed by atoms with E-state index >= 15 is 0 Å². The van der Waals surface area contributed by atoms with E-state index in [-0.39, 0.29) is 11.2 Å². The van der Waals surface area contributed by atoms with E-state index in [1.165, 1.54) is 11.8 Å². The highest BCUT2D eigenvalue weighted by atomic mass is 32.2. The number of nitrogens with zero attached hydrogens (tertiary/aromatic N) is 3. The number of thioether (sulfide) groups is 1. The maximum Gasteiger partial charge on any atom is 0.277 e. The Bertz CT molecular complexity index is 705. The molecular weight excluding hydrogens is 326 g/mol. The van der Waals surface area contributed by atoms with Gasteiger partial charge in [-0.3, -0.25) is 4.79 Å². The minimum Gasteiger partial charge on any atom is -0.411 e. The Kier molecular flexibility index (Phi) is 5.20. The van der Waals surface area contributed by atoms with Crippen LogP contribution in [0.2, 0.25) is 0 Å². The Morgan fingerprint density at radius 1 is 1.17 bits per heavy atom. The molecule has 1 aliphatic rings. The molecule has 1 aromatic carbocycles.